The van der Waals surface area contributed by atoms with Gasteiger partial charge in [0.05, 0.1) is 32.9 Å². The van der Waals surface area contributed by atoms with E-state index in [2.05, 4.69) is 5.32 Å². The molecule has 160 valence electrons. The third kappa shape index (κ3) is 4.51. The lowest BCUT2D eigenvalue weighted by atomic mass is 10.1. The van der Waals surface area contributed by atoms with Crippen molar-refractivity contribution in [2.24, 2.45) is 0 Å². The summed E-state index contributed by atoms with van der Waals surface area (Å²) < 4.78 is 31.4. The normalized spacial score (nSPS) is 12.7. The van der Waals surface area contributed by atoms with Crippen LogP contribution in [0.5, 0.6) is 28.7 Å². The molecule has 0 saturated carbocycles. The molecule has 0 aliphatic carbocycles. The molecule has 0 unspecified atom stereocenters. The van der Waals surface area contributed by atoms with Gasteiger partial charge in [0.2, 0.25) is 12.5 Å². The van der Waals surface area contributed by atoms with Gasteiger partial charge in [-0.25, -0.2) is 4.79 Å². The lowest BCUT2D eigenvalue weighted by Crippen LogP contribution is -2.31. The Morgan fingerprint density at radius 1 is 1.00 bits per heavy atom. The number of benzene rings is 2. The van der Waals surface area contributed by atoms with Crippen LogP contribution in [0, 0.1) is 0 Å². The minimum absolute atomic E-state index is 0.168. The van der Waals surface area contributed by atoms with Crippen molar-refractivity contribution in [1.29, 1.82) is 0 Å². The van der Waals surface area contributed by atoms with Crippen molar-refractivity contribution in [2.45, 2.75) is 13.0 Å². The second-order valence-corrected chi connectivity index (χ2v) is 6.39. The Morgan fingerprint density at radius 3 is 2.30 bits per heavy atom. The Morgan fingerprint density at radius 2 is 1.67 bits per heavy atom. The molecule has 0 spiro atoms. The fourth-order valence-electron chi connectivity index (χ4n) is 2.96. The highest BCUT2D eigenvalue weighted by Gasteiger charge is 2.20. The van der Waals surface area contributed by atoms with Crippen LogP contribution in [0.3, 0.4) is 0 Å². The SMILES string of the molecule is COc1cc(C(=O)OCC(=O)N[C@@H](C)c2ccc3c(c2)OCO3)cc(OC)c1OC. The Hall–Kier alpha value is -3.62. The van der Waals surface area contributed by atoms with Gasteiger partial charge < -0.3 is 33.7 Å². The average molecular weight is 417 g/mol. The molecule has 1 atom stereocenters. The van der Waals surface area contributed by atoms with E-state index in [1.54, 1.807) is 12.1 Å². The highest BCUT2D eigenvalue weighted by molar-refractivity contribution is 5.92. The summed E-state index contributed by atoms with van der Waals surface area (Å²) in [6, 6.07) is 8.01. The lowest BCUT2D eigenvalue weighted by molar-refractivity contribution is -0.124. The largest absolute Gasteiger partial charge is 0.493 e. The number of hydrogen-bond acceptors (Lipinski definition) is 8. The summed E-state index contributed by atoms with van der Waals surface area (Å²) >= 11 is 0. The molecule has 0 saturated heterocycles. The number of nitrogens with one attached hydrogen (secondary N) is 1. The third-order valence-corrected chi connectivity index (χ3v) is 4.51. The molecule has 9 nitrogen and oxygen atoms in total. The quantitative estimate of drug-likeness (QED) is 0.654. The van der Waals surface area contributed by atoms with E-state index < -0.39 is 18.5 Å². The van der Waals surface area contributed by atoms with Gasteiger partial charge >= 0.3 is 5.97 Å². The van der Waals surface area contributed by atoms with Gasteiger partial charge in [0.15, 0.2) is 29.6 Å². The van der Waals surface area contributed by atoms with Gasteiger partial charge in [-0.15, -0.1) is 0 Å². The summed E-state index contributed by atoms with van der Waals surface area (Å²) in [6.45, 7) is 1.55. The van der Waals surface area contributed by atoms with E-state index in [1.807, 2.05) is 13.0 Å². The molecule has 1 N–H and O–H groups in total. The number of hydrogen-bond donors (Lipinski definition) is 1. The van der Waals surface area contributed by atoms with Crippen LogP contribution in [-0.4, -0.2) is 46.6 Å². The second kappa shape index (κ2) is 9.25. The van der Waals surface area contributed by atoms with Crippen molar-refractivity contribution in [3.05, 3.63) is 41.5 Å². The fourth-order valence-corrected chi connectivity index (χ4v) is 2.96. The fraction of sp³-hybridized carbons (Fsp3) is 0.333. The molecule has 2 aromatic carbocycles. The number of rotatable bonds is 8. The molecule has 0 radical (unpaired) electrons. The first-order chi connectivity index (χ1) is 14.5. The molecule has 0 fully saturated rings. The van der Waals surface area contributed by atoms with Crippen LogP contribution in [0.2, 0.25) is 0 Å². The Labute approximate surface area is 173 Å². The minimum Gasteiger partial charge on any atom is -0.493 e. The van der Waals surface area contributed by atoms with Crippen molar-refractivity contribution in [1.82, 2.24) is 5.32 Å². The topological polar surface area (TPSA) is 102 Å². The summed E-state index contributed by atoms with van der Waals surface area (Å²) in [6.07, 6.45) is 0. The zero-order valence-corrected chi connectivity index (χ0v) is 17.1. The number of amides is 1. The van der Waals surface area contributed by atoms with Crippen LogP contribution >= 0.6 is 0 Å². The van der Waals surface area contributed by atoms with E-state index in [0.717, 1.165) is 5.56 Å². The molecular formula is C21H23NO8. The zero-order chi connectivity index (χ0) is 21.7. The van der Waals surface area contributed by atoms with Crippen molar-refractivity contribution < 1.29 is 38.0 Å². The summed E-state index contributed by atoms with van der Waals surface area (Å²) in [5.74, 6) is 1.13. The molecule has 3 rings (SSSR count). The molecule has 1 heterocycles. The van der Waals surface area contributed by atoms with Crippen LogP contribution in [0.25, 0.3) is 0 Å². The van der Waals surface area contributed by atoms with Crippen LogP contribution in [-0.2, 0) is 9.53 Å². The summed E-state index contributed by atoms with van der Waals surface area (Å²) in [4.78, 5) is 24.6. The smallest absolute Gasteiger partial charge is 0.338 e. The van der Waals surface area contributed by atoms with Crippen LogP contribution in [0.1, 0.15) is 28.9 Å². The van der Waals surface area contributed by atoms with E-state index in [9.17, 15) is 9.59 Å². The number of carbonyl (C=O) groups excluding carboxylic acids is 2. The monoisotopic (exact) mass is 417 g/mol. The van der Waals surface area contributed by atoms with Gasteiger partial charge in [0.25, 0.3) is 5.91 Å². The predicted molar refractivity (Wildman–Crippen MR) is 106 cm³/mol. The molecule has 1 amide bonds. The number of methoxy groups -OCH3 is 3. The van der Waals surface area contributed by atoms with Gasteiger partial charge in [-0.3, -0.25) is 4.79 Å². The maximum absolute atomic E-state index is 12.4. The maximum atomic E-state index is 12.4. The van der Waals surface area contributed by atoms with E-state index in [0.29, 0.717) is 28.7 Å². The molecule has 2 aromatic rings. The van der Waals surface area contributed by atoms with Crippen LogP contribution in [0.4, 0.5) is 0 Å². The van der Waals surface area contributed by atoms with E-state index in [-0.39, 0.29) is 18.4 Å². The first-order valence-corrected chi connectivity index (χ1v) is 9.12. The third-order valence-electron chi connectivity index (χ3n) is 4.51. The highest BCUT2D eigenvalue weighted by Crippen LogP contribution is 2.38. The summed E-state index contributed by atoms with van der Waals surface area (Å²) in [7, 11) is 4.35. The average Bonchev–Trinajstić information content (AvgIpc) is 3.24. The van der Waals surface area contributed by atoms with Gasteiger partial charge in [-0.05, 0) is 36.8 Å². The van der Waals surface area contributed by atoms with Crippen molar-refractivity contribution in [3.8, 4) is 28.7 Å². The molecule has 0 aromatic heterocycles. The number of ether oxygens (including phenoxy) is 6. The zero-order valence-electron chi connectivity index (χ0n) is 17.1. The van der Waals surface area contributed by atoms with Crippen LogP contribution in [0.15, 0.2) is 30.3 Å². The predicted octanol–water partition coefficient (Wildman–Crippen LogP) is 2.48. The van der Waals surface area contributed by atoms with E-state index in [4.69, 9.17) is 28.4 Å². The van der Waals surface area contributed by atoms with Crippen molar-refractivity contribution in [3.63, 3.8) is 0 Å². The standard InChI is InChI=1S/C21H23NO8/c1-12(13-5-6-15-16(7-13)30-11-29-15)22-19(23)10-28-21(24)14-8-17(25-2)20(27-4)18(9-14)26-3/h5-9,12H,10-11H2,1-4H3,(H,22,23)/t12-/m0/s1. The van der Waals surface area contributed by atoms with Gasteiger partial charge in [0, 0.05) is 0 Å². The van der Waals surface area contributed by atoms with Crippen molar-refractivity contribution in [2.75, 3.05) is 34.7 Å². The maximum Gasteiger partial charge on any atom is 0.338 e. The van der Waals surface area contributed by atoms with E-state index in [1.165, 1.54) is 33.5 Å². The molecule has 30 heavy (non-hydrogen) atoms. The summed E-state index contributed by atoms with van der Waals surface area (Å²) in [5.41, 5.74) is 1.00. The molecule has 0 bridgehead atoms. The lowest BCUT2D eigenvalue weighted by Gasteiger charge is -2.16. The van der Waals surface area contributed by atoms with E-state index >= 15 is 0 Å². The Kier molecular flexibility index (Phi) is 6.51. The number of carbonyl (C=O) groups is 2. The first-order valence-electron chi connectivity index (χ1n) is 9.12. The van der Waals surface area contributed by atoms with Crippen LogP contribution < -0.4 is 29.0 Å². The highest BCUT2D eigenvalue weighted by atomic mass is 16.7. The van der Waals surface area contributed by atoms with Gasteiger partial charge in [0.1, 0.15) is 0 Å². The number of fused-ring (bicyclic) bond motifs is 1. The van der Waals surface area contributed by atoms with Gasteiger partial charge in [-0.2, -0.15) is 0 Å². The first kappa shape index (κ1) is 21.1. The van der Waals surface area contributed by atoms with Gasteiger partial charge in [-0.1, -0.05) is 6.07 Å². The molecule has 9 heteroatoms. The molecular weight excluding hydrogens is 394 g/mol. The Bertz CT molecular complexity index is 918. The summed E-state index contributed by atoms with van der Waals surface area (Å²) in [5, 5.41) is 2.78. The molecule has 1 aliphatic heterocycles. The molecule has 1 aliphatic rings. The van der Waals surface area contributed by atoms with Crippen molar-refractivity contribution >= 4 is 11.9 Å². The minimum atomic E-state index is -0.694. The number of esters is 1. The second-order valence-electron chi connectivity index (χ2n) is 6.39. The Balaban J connectivity index is 1.60.